The molecule has 0 radical (unpaired) electrons. The van der Waals surface area contributed by atoms with Crippen molar-refractivity contribution in [3.05, 3.63) is 88.3 Å². The third-order valence-corrected chi connectivity index (χ3v) is 4.59. The van der Waals surface area contributed by atoms with E-state index in [0.29, 0.717) is 24.7 Å². The van der Waals surface area contributed by atoms with Gasteiger partial charge in [0, 0.05) is 21.2 Å². The fraction of sp³-hybridized carbons (Fsp3) is 0.150. The summed E-state index contributed by atoms with van der Waals surface area (Å²) >= 11 is 7.79. The number of carbonyl (C=O) groups excluding carboxylic acids is 1. The SMILES string of the molecule is C=C/C=C(\COCc1ccccc1)Sc1ccc(CC=O)c(Cl)c1. The molecule has 2 rings (SSSR count). The lowest BCUT2D eigenvalue weighted by Gasteiger charge is -2.10. The molecule has 124 valence electrons. The molecule has 4 heteroatoms. The number of halogens is 1. The Balaban J connectivity index is 1.96. The molecule has 0 unspecified atom stereocenters. The van der Waals surface area contributed by atoms with E-state index in [1.807, 2.05) is 54.6 Å². The normalized spacial score (nSPS) is 11.3. The van der Waals surface area contributed by atoms with Crippen molar-refractivity contribution >= 4 is 29.6 Å². The van der Waals surface area contributed by atoms with E-state index in [-0.39, 0.29) is 0 Å². The fourth-order valence-corrected chi connectivity index (χ4v) is 3.33. The Morgan fingerprint density at radius 3 is 2.67 bits per heavy atom. The molecule has 0 heterocycles. The van der Waals surface area contributed by atoms with Crippen LogP contribution in [0.25, 0.3) is 0 Å². The second-order valence-corrected chi connectivity index (χ2v) is 6.68. The second-order valence-electron chi connectivity index (χ2n) is 5.07. The molecule has 0 aromatic heterocycles. The number of thioether (sulfide) groups is 1. The van der Waals surface area contributed by atoms with E-state index in [2.05, 4.69) is 6.58 Å². The van der Waals surface area contributed by atoms with Gasteiger partial charge in [-0.1, -0.05) is 78.5 Å². The van der Waals surface area contributed by atoms with Crippen molar-refractivity contribution in [2.75, 3.05) is 6.61 Å². The molecule has 24 heavy (non-hydrogen) atoms. The van der Waals surface area contributed by atoms with Crippen molar-refractivity contribution in [1.82, 2.24) is 0 Å². The molecule has 0 aliphatic rings. The summed E-state index contributed by atoms with van der Waals surface area (Å²) in [5.41, 5.74) is 1.98. The first-order chi connectivity index (χ1) is 11.7. The van der Waals surface area contributed by atoms with Crippen molar-refractivity contribution in [2.45, 2.75) is 17.9 Å². The number of aldehydes is 1. The standard InChI is InChI=1S/C20H19ClO2S/c1-2-6-19(15-23-14-16-7-4-3-5-8-16)24-18-10-9-17(11-12-22)20(21)13-18/h2-10,12-13H,1,11,14-15H2/b19-6+. The lowest BCUT2D eigenvalue weighted by atomic mass is 10.2. The summed E-state index contributed by atoms with van der Waals surface area (Å²) in [6, 6.07) is 15.8. The summed E-state index contributed by atoms with van der Waals surface area (Å²) in [7, 11) is 0. The van der Waals surface area contributed by atoms with Gasteiger partial charge in [0.2, 0.25) is 0 Å². The van der Waals surface area contributed by atoms with Gasteiger partial charge in [-0.2, -0.15) is 0 Å². The number of carbonyl (C=O) groups is 1. The van der Waals surface area contributed by atoms with E-state index in [1.54, 1.807) is 17.8 Å². The Kier molecular flexibility index (Phi) is 7.83. The van der Waals surface area contributed by atoms with Crippen LogP contribution in [-0.2, 0) is 22.6 Å². The average Bonchev–Trinajstić information content (AvgIpc) is 2.58. The molecular weight excluding hydrogens is 340 g/mol. The summed E-state index contributed by atoms with van der Waals surface area (Å²) in [6.45, 7) is 4.82. The van der Waals surface area contributed by atoms with Gasteiger partial charge in [0.25, 0.3) is 0 Å². The first-order valence-electron chi connectivity index (χ1n) is 7.56. The van der Waals surface area contributed by atoms with E-state index in [1.165, 1.54) is 0 Å². The van der Waals surface area contributed by atoms with E-state index >= 15 is 0 Å². The molecule has 0 atom stereocenters. The average molecular weight is 359 g/mol. The van der Waals surface area contributed by atoms with E-state index in [4.69, 9.17) is 16.3 Å². The van der Waals surface area contributed by atoms with Gasteiger partial charge in [0.1, 0.15) is 6.29 Å². The highest BCUT2D eigenvalue weighted by atomic mass is 35.5. The zero-order chi connectivity index (χ0) is 17.2. The van der Waals surface area contributed by atoms with Crippen molar-refractivity contribution in [1.29, 1.82) is 0 Å². The molecule has 2 aromatic rings. The number of hydrogen-bond acceptors (Lipinski definition) is 3. The topological polar surface area (TPSA) is 26.3 Å². The van der Waals surface area contributed by atoms with Crippen molar-refractivity contribution < 1.29 is 9.53 Å². The third-order valence-electron chi connectivity index (χ3n) is 3.24. The molecule has 0 aliphatic carbocycles. The number of hydrogen-bond donors (Lipinski definition) is 0. The highest BCUT2D eigenvalue weighted by molar-refractivity contribution is 8.03. The summed E-state index contributed by atoms with van der Waals surface area (Å²) in [4.78, 5) is 12.7. The zero-order valence-corrected chi connectivity index (χ0v) is 14.9. The van der Waals surface area contributed by atoms with Crippen LogP contribution in [0.4, 0.5) is 0 Å². The van der Waals surface area contributed by atoms with Gasteiger partial charge in [-0.25, -0.2) is 0 Å². The minimum atomic E-state index is 0.333. The first-order valence-corrected chi connectivity index (χ1v) is 8.75. The Morgan fingerprint density at radius 1 is 1.21 bits per heavy atom. The monoisotopic (exact) mass is 358 g/mol. The smallest absolute Gasteiger partial charge is 0.124 e. The minimum absolute atomic E-state index is 0.333. The molecule has 0 spiro atoms. The molecule has 0 bridgehead atoms. The van der Waals surface area contributed by atoms with E-state index < -0.39 is 0 Å². The second kappa shape index (κ2) is 10.1. The van der Waals surface area contributed by atoms with Gasteiger partial charge in [0.05, 0.1) is 13.2 Å². The largest absolute Gasteiger partial charge is 0.372 e. The van der Waals surface area contributed by atoms with Crippen LogP contribution in [0.2, 0.25) is 5.02 Å². The van der Waals surface area contributed by atoms with Crippen molar-refractivity contribution in [3.63, 3.8) is 0 Å². The number of benzene rings is 2. The van der Waals surface area contributed by atoms with Crippen LogP contribution >= 0.6 is 23.4 Å². The van der Waals surface area contributed by atoms with Gasteiger partial charge in [0.15, 0.2) is 0 Å². The van der Waals surface area contributed by atoms with Gasteiger partial charge in [-0.15, -0.1) is 0 Å². The van der Waals surface area contributed by atoms with Gasteiger partial charge in [-0.3, -0.25) is 0 Å². The molecular formula is C20H19ClO2S. The summed E-state index contributed by atoms with van der Waals surface area (Å²) in [5, 5.41) is 0.607. The van der Waals surface area contributed by atoms with Crippen LogP contribution in [0.5, 0.6) is 0 Å². The van der Waals surface area contributed by atoms with Gasteiger partial charge >= 0.3 is 0 Å². The van der Waals surface area contributed by atoms with E-state index in [0.717, 1.165) is 27.2 Å². The first kappa shape index (κ1) is 18.5. The molecule has 2 nitrogen and oxygen atoms in total. The van der Waals surface area contributed by atoms with Crippen LogP contribution in [0, 0.1) is 0 Å². The lowest BCUT2D eigenvalue weighted by molar-refractivity contribution is -0.107. The van der Waals surface area contributed by atoms with Crippen LogP contribution in [0.15, 0.2) is 77.1 Å². The highest BCUT2D eigenvalue weighted by Gasteiger charge is 2.05. The lowest BCUT2D eigenvalue weighted by Crippen LogP contribution is -1.97. The highest BCUT2D eigenvalue weighted by Crippen LogP contribution is 2.30. The summed E-state index contributed by atoms with van der Waals surface area (Å²) < 4.78 is 5.78. The Bertz CT molecular complexity index is 711. The summed E-state index contributed by atoms with van der Waals surface area (Å²) in [6.07, 6.45) is 4.87. The fourth-order valence-electron chi connectivity index (χ4n) is 2.08. The molecule has 0 amide bonds. The number of ether oxygens (including phenoxy) is 1. The van der Waals surface area contributed by atoms with Crippen molar-refractivity contribution in [3.8, 4) is 0 Å². The number of allylic oxidation sites excluding steroid dienone is 2. The van der Waals surface area contributed by atoms with Crippen LogP contribution in [-0.4, -0.2) is 12.9 Å². The molecule has 0 N–H and O–H groups in total. The molecule has 0 fully saturated rings. The van der Waals surface area contributed by atoms with Crippen LogP contribution < -0.4 is 0 Å². The van der Waals surface area contributed by atoms with E-state index in [9.17, 15) is 4.79 Å². The Morgan fingerprint density at radius 2 is 2.00 bits per heavy atom. The maximum absolute atomic E-state index is 10.6. The Hall–Kier alpha value is -1.81. The predicted octanol–water partition coefficient (Wildman–Crippen LogP) is 5.46. The summed E-state index contributed by atoms with van der Waals surface area (Å²) in [5.74, 6) is 0. The molecule has 2 aromatic carbocycles. The van der Waals surface area contributed by atoms with Gasteiger partial charge in [-0.05, 0) is 23.3 Å². The molecule has 0 aliphatic heterocycles. The van der Waals surface area contributed by atoms with Gasteiger partial charge < -0.3 is 9.53 Å². The maximum atomic E-state index is 10.6. The molecule has 0 saturated carbocycles. The zero-order valence-electron chi connectivity index (χ0n) is 13.3. The maximum Gasteiger partial charge on any atom is 0.124 e. The van der Waals surface area contributed by atoms with Crippen molar-refractivity contribution in [2.24, 2.45) is 0 Å². The van der Waals surface area contributed by atoms with Crippen LogP contribution in [0.3, 0.4) is 0 Å². The Labute approximate surface area is 152 Å². The third kappa shape index (κ3) is 6.00. The number of rotatable bonds is 9. The quantitative estimate of drug-likeness (QED) is 0.338. The van der Waals surface area contributed by atoms with Crippen LogP contribution in [0.1, 0.15) is 11.1 Å². The predicted molar refractivity (Wildman–Crippen MR) is 101 cm³/mol. The minimum Gasteiger partial charge on any atom is -0.372 e. The molecule has 0 saturated heterocycles.